The standard InChI is InChI=1S/C20H24N2O4/c1-14-11-21(13-16-6-8-17(9-7-16)20(24)25-3)12-15(2)22(14)19(23)18-5-4-10-26-18/h4-10,14-15H,11-13H2,1-3H3/t14-,15+. The van der Waals surface area contributed by atoms with Gasteiger partial charge in [0, 0.05) is 31.7 Å². The van der Waals surface area contributed by atoms with Gasteiger partial charge in [-0.1, -0.05) is 12.1 Å². The average molecular weight is 356 g/mol. The Bertz CT molecular complexity index is 743. The number of nitrogens with zero attached hydrogens (tertiary/aromatic N) is 2. The average Bonchev–Trinajstić information content (AvgIpc) is 3.15. The van der Waals surface area contributed by atoms with Gasteiger partial charge in [0.25, 0.3) is 5.91 Å². The van der Waals surface area contributed by atoms with Gasteiger partial charge in [0.05, 0.1) is 18.9 Å². The first-order valence-electron chi connectivity index (χ1n) is 8.75. The summed E-state index contributed by atoms with van der Waals surface area (Å²) < 4.78 is 9.99. The molecule has 1 fully saturated rings. The van der Waals surface area contributed by atoms with Crippen LogP contribution in [0.4, 0.5) is 0 Å². The summed E-state index contributed by atoms with van der Waals surface area (Å²) in [5.74, 6) is -0.00326. The first kappa shape index (κ1) is 18.2. The highest BCUT2D eigenvalue weighted by atomic mass is 16.5. The fourth-order valence-electron chi connectivity index (χ4n) is 3.61. The van der Waals surface area contributed by atoms with Crippen molar-refractivity contribution in [2.75, 3.05) is 20.2 Å². The second kappa shape index (κ2) is 7.74. The highest BCUT2D eigenvalue weighted by Crippen LogP contribution is 2.21. The van der Waals surface area contributed by atoms with Crippen molar-refractivity contribution in [2.24, 2.45) is 0 Å². The summed E-state index contributed by atoms with van der Waals surface area (Å²) in [4.78, 5) is 28.4. The van der Waals surface area contributed by atoms with E-state index in [4.69, 9.17) is 9.15 Å². The Labute approximate surface area is 153 Å². The zero-order valence-corrected chi connectivity index (χ0v) is 15.3. The Morgan fingerprint density at radius 3 is 2.31 bits per heavy atom. The lowest BCUT2D eigenvalue weighted by Crippen LogP contribution is -2.58. The number of esters is 1. The van der Waals surface area contributed by atoms with Gasteiger partial charge in [-0.05, 0) is 43.7 Å². The van der Waals surface area contributed by atoms with Gasteiger partial charge >= 0.3 is 5.97 Å². The topological polar surface area (TPSA) is 63.0 Å². The van der Waals surface area contributed by atoms with E-state index in [-0.39, 0.29) is 24.0 Å². The van der Waals surface area contributed by atoms with Crippen LogP contribution in [0.2, 0.25) is 0 Å². The number of hydrogen-bond acceptors (Lipinski definition) is 5. The molecule has 1 aromatic carbocycles. The lowest BCUT2D eigenvalue weighted by molar-refractivity contribution is 0.0243. The Morgan fingerprint density at radius 2 is 1.77 bits per heavy atom. The quantitative estimate of drug-likeness (QED) is 0.788. The molecule has 0 radical (unpaired) electrons. The number of carbonyl (C=O) groups excluding carboxylic acids is 2. The molecule has 26 heavy (non-hydrogen) atoms. The molecule has 0 saturated carbocycles. The Kier molecular flexibility index (Phi) is 5.42. The molecule has 1 saturated heterocycles. The summed E-state index contributed by atoms with van der Waals surface area (Å²) in [6.07, 6.45) is 1.52. The van der Waals surface area contributed by atoms with Crippen molar-refractivity contribution < 1.29 is 18.7 Å². The molecule has 0 N–H and O–H groups in total. The summed E-state index contributed by atoms with van der Waals surface area (Å²) in [6, 6.07) is 11.1. The second-order valence-electron chi connectivity index (χ2n) is 6.77. The number of carbonyl (C=O) groups is 2. The molecular formula is C20H24N2O4. The number of rotatable bonds is 4. The highest BCUT2D eigenvalue weighted by molar-refractivity contribution is 5.92. The number of methoxy groups -OCH3 is 1. The van der Waals surface area contributed by atoms with Crippen molar-refractivity contribution in [1.29, 1.82) is 0 Å². The van der Waals surface area contributed by atoms with Gasteiger partial charge in [-0.2, -0.15) is 0 Å². The third-order valence-corrected chi connectivity index (χ3v) is 4.74. The van der Waals surface area contributed by atoms with Crippen molar-refractivity contribution in [3.8, 4) is 0 Å². The highest BCUT2D eigenvalue weighted by Gasteiger charge is 2.34. The number of amides is 1. The van der Waals surface area contributed by atoms with E-state index in [1.807, 2.05) is 17.0 Å². The summed E-state index contributed by atoms with van der Waals surface area (Å²) in [7, 11) is 1.38. The molecular weight excluding hydrogens is 332 g/mol. The van der Waals surface area contributed by atoms with Gasteiger partial charge < -0.3 is 14.1 Å². The minimum absolute atomic E-state index is 0.0583. The maximum absolute atomic E-state index is 12.6. The van der Waals surface area contributed by atoms with E-state index in [0.717, 1.165) is 25.2 Å². The molecule has 138 valence electrons. The van der Waals surface area contributed by atoms with E-state index in [1.54, 1.807) is 24.3 Å². The summed E-state index contributed by atoms with van der Waals surface area (Å²) in [6.45, 7) is 6.47. The van der Waals surface area contributed by atoms with Crippen LogP contribution in [0.25, 0.3) is 0 Å². The van der Waals surface area contributed by atoms with Gasteiger partial charge in [0.1, 0.15) is 0 Å². The monoisotopic (exact) mass is 356 g/mol. The number of benzene rings is 1. The molecule has 0 unspecified atom stereocenters. The van der Waals surface area contributed by atoms with Gasteiger partial charge in [0.15, 0.2) is 5.76 Å². The van der Waals surface area contributed by atoms with Gasteiger partial charge in [-0.25, -0.2) is 4.79 Å². The maximum Gasteiger partial charge on any atom is 0.337 e. The van der Waals surface area contributed by atoms with Crippen LogP contribution in [-0.2, 0) is 11.3 Å². The molecule has 1 aromatic heterocycles. The molecule has 2 aromatic rings. The predicted octanol–water partition coefficient (Wildman–Crippen LogP) is 2.80. The minimum atomic E-state index is -0.330. The molecule has 2 heterocycles. The third kappa shape index (κ3) is 3.80. The van der Waals surface area contributed by atoms with Crippen molar-refractivity contribution in [3.05, 3.63) is 59.5 Å². The number of hydrogen-bond donors (Lipinski definition) is 0. The summed E-state index contributed by atoms with van der Waals surface area (Å²) in [5, 5.41) is 0. The van der Waals surface area contributed by atoms with Gasteiger partial charge in [-0.3, -0.25) is 9.69 Å². The Morgan fingerprint density at radius 1 is 1.12 bits per heavy atom. The maximum atomic E-state index is 12.6. The lowest BCUT2D eigenvalue weighted by atomic mass is 10.1. The fraction of sp³-hybridized carbons (Fsp3) is 0.400. The van der Waals surface area contributed by atoms with E-state index in [1.165, 1.54) is 13.4 Å². The zero-order chi connectivity index (χ0) is 18.7. The first-order valence-corrected chi connectivity index (χ1v) is 8.75. The normalized spacial score (nSPS) is 20.8. The van der Waals surface area contributed by atoms with Crippen molar-refractivity contribution >= 4 is 11.9 Å². The second-order valence-corrected chi connectivity index (χ2v) is 6.77. The molecule has 0 spiro atoms. The summed E-state index contributed by atoms with van der Waals surface area (Å²) >= 11 is 0. The minimum Gasteiger partial charge on any atom is -0.465 e. The van der Waals surface area contributed by atoms with Crippen LogP contribution in [0.1, 0.15) is 40.3 Å². The molecule has 0 aliphatic carbocycles. The van der Waals surface area contributed by atoms with E-state index in [2.05, 4.69) is 18.7 Å². The smallest absolute Gasteiger partial charge is 0.337 e. The molecule has 3 rings (SSSR count). The molecule has 1 amide bonds. The molecule has 0 bridgehead atoms. The first-order chi connectivity index (χ1) is 12.5. The lowest BCUT2D eigenvalue weighted by Gasteiger charge is -2.44. The van der Waals surface area contributed by atoms with E-state index < -0.39 is 0 Å². The van der Waals surface area contributed by atoms with E-state index >= 15 is 0 Å². The largest absolute Gasteiger partial charge is 0.465 e. The Balaban J connectivity index is 1.64. The molecule has 1 aliphatic heterocycles. The van der Waals surface area contributed by atoms with Crippen LogP contribution in [0, 0.1) is 0 Å². The molecule has 6 nitrogen and oxygen atoms in total. The number of piperazine rings is 1. The Hall–Kier alpha value is -2.60. The van der Waals surface area contributed by atoms with Crippen LogP contribution in [-0.4, -0.2) is 54.0 Å². The van der Waals surface area contributed by atoms with Crippen LogP contribution >= 0.6 is 0 Å². The van der Waals surface area contributed by atoms with Crippen molar-refractivity contribution in [1.82, 2.24) is 9.80 Å². The van der Waals surface area contributed by atoms with Gasteiger partial charge in [0.2, 0.25) is 0 Å². The molecule has 1 aliphatic rings. The third-order valence-electron chi connectivity index (χ3n) is 4.74. The summed E-state index contributed by atoms with van der Waals surface area (Å²) in [5.41, 5.74) is 1.68. The van der Waals surface area contributed by atoms with Crippen molar-refractivity contribution in [3.63, 3.8) is 0 Å². The SMILES string of the molecule is COC(=O)c1ccc(CN2C[C@@H](C)N(C(=O)c3ccco3)[C@@H](C)C2)cc1. The van der Waals surface area contributed by atoms with Crippen LogP contribution in [0.15, 0.2) is 47.1 Å². The fourth-order valence-corrected chi connectivity index (χ4v) is 3.61. The predicted molar refractivity (Wildman–Crippen MR) is 96.9 cm³/mol. The van der Waals surface area contributed by atoms with Gasteiger partial charge in [-0.15, -0.1) is 0 Å². The zero-order valence-electron chi connectivity index (χ0n) is 15.3. The van der Waals surface area contributed by atoms with E-state index in [0.29, 0.717) is 11.3 Å². The van der Waals surface area contributed by atoms with Crippen LogP contribution < -0.4 is 0 Å². The van der Waals surface area contributed by atoms with Crippen LogP contribution in [0.3, 0.4) is 0 Å². The van der Waals surface area contributed by atoms with E-state index in [9.17, 15) is 9.59 Å². The van der Waals surface area contributed by atoms with Crippen molar-refractivity contribution in [2.45, 2.75) is 32.5 Å². The molecule has 6 heteroatoms. The number of ether oxygens (including phenoxy) is 1. The van der Waals surface area contributed by atoms with Crippen LogP contribution in [0.5, 0.6) is 0 Å². The molecule has 2 atom stereocenters. The number of furan rings is 1.